The van der Waals surface area contributed by atoms with E-state index in [2.05, 4.69) is 5.32 Å². The highest BCUT2D eigenvalue weighted by atomic mass is 32.2. The van der Waals surface area contributed by atoms with Gasteiger partial charge in [0.25, 0.3) is 5.91 Å². The van der Waals surface area contributed by atoms with Crippen LogP contribution >= 0.6 is 0 Å². The lowest BCUT2D eigenvalue weighted by Crippen LogP contribution is -2.51. The minimum atomic E-state index is -3.70. The van der Waals surface area contributed by atoms with Gasteiger partial charge in [-0.15, -0.1) is 0 Å². The molecule has 2 fully saturated rings. The van der Waals surface area contributed by atoms with Crippen molar-refractivity contribution in [3.8, 4) is 0 Å². The Morgan fingerprint density at radius 3 is 2.44 bits per heavy atom. The van der Waals surface area contributed by atoms with E-state index in [4.69, 9.17) is 9.47 Å². The molecule has 0 saturated carbocycles. The van der Waals surface area contributed by atoms with E-state index in [0.717, 1.165) is 6.42 Å². The van der Waals surface area contributed by atoms with Crippen molar-refractivity contribution >= 4 is 21.8 Å². The summed E-state index contributed by atoms with van der Waals surface area (Å²) in [5.74, 6) is -0.228. The number of methoxy groups -OCH3 is 1. The van der Waals surface area contributed by atoms with Gasteiger partial charge in [0, 0.05) is 65.1 Å². The molecule has 1 aromatic rings. The van der Waals surface area contributed by atoms with Crippen LogP contribution in [0.15, 0.2) is 23.1 Å². The van der Waals surface area contributed by atoms with E-state index in [0.29, 0.717) is 89.7 Å². The lowest BCUT2D eigenvalue weighted by Gasteiger charge is -2.34. The van der Waals surface area contributed by atoms with Crippen LogP contribution in [-0.4, -0.2) is 114 Å². The fourth-order valence-corrected chi connectivity index (χ4v) is 5.87. The van der Waals surface area contributed by atoms with Gasteiger partial charge in [0.05, 0.1) is 24.7 Å². The van der Waals surface area contributed by atoms with Gasteiger partial charge in [0.15, 0.2) is 0 Å². The molecular formula is C23H36N4O6S. The van der Waals surface area contributed by atoms with E-state index in [-0.39, 0.29) is 16.7 Å². The van der Waals surface area contributed by atoms with Gasteiger partial charge >= 0.3 is 0 Å². The minimum absolute atomic E-state index is 0.0380. The number of piperazine rings is 1. The summed E-state index contributed by atoms with van der Waals surface area (Å²) in [4.78, 5) is 29.2. The highest BCUT2D eigenvalue weighted by Gasteiger charge is 2.30. The summed E-state index contributed by atoms with van der Waals surface area (Å²) in [7, 11) is -2.07. The molecule has 0 bridgehead atoms. The third kappa shape index (κ3) is 6.76. The minimum Gasteiger partial charge on any atom is -0.385 e. The molecule has 0 aromatic heterocycles. The SMILES string of the molecule is CCc1ccc(C(=O)N2CCN(CC(=O)NCCCOC)CC2)cc1S(=O)(=O)N1CCOCC1. The van der Waals surface area contributed by atoms with Gasteiger partial charge in [-0.05, 0) is 30.5 Å². The van der Waals surface area contributed by atoms with Crippen LogP contribution in [0.1, 0.15) is 29.3 Å². The first-order valence-electron chi connectivity index (χ1n) is 11.8. The second kappa shape index (κ2) is 12.6. The Labute approximate surface area is 202 Å². The normalized spacial score (nSPS) is 18.1. The molecule has 0 atom stereocenters. The topological polar surface area (TPSA) is 108 Å². The van der Waals surface area contributed by atoms with Crippen molar-refractivity contribution in [1.82, 2.24) is 19.4 Å². The van der Waals surface area contributed by atoms with E-state index in [9.17, 15) is 18.0 Å². The molecule has 10 nitrogen and oxygen atoms in total. The number of hydrogen-bond acceptors (Lipinski definition) is 7. The van der Waals surface area contributed by atoms with Crippen LogP contribution in [0.4, 0.5) is 0 Å². The van der Waals surface area contributed by atoms with Gasteiger partial charge in [0.2, 0.25) is 15.9 Å². The Hall–Kier alpha value is -2.05. The van der Waals surface area contributed by atoms with Crippen molar-refractivity contribution in [3.05, 3.63) is 29.3 Å². The fraction of sp³-hybridized carbons (Fsp3) is 0.652. The summed E-state index contributed by atoms with van der Waals surface area (Å²) in [6.07, 6.45) is 1.32. The molecule has 0 unspecified atom stereocenters. The van der Waals surface area contributed by atoms with Crippen LogP contribution in [0, 0.1) is 0 Å². The van der Waals surface area contributed by atoms with E-state index in [1.807, 2.05) is 11.8 Å². The first-order valence-corrected chi connectivity index (χ1v) is 13.3. The van der Waals surface area contributed by atoms with Gasteiger partial charge in [-0.2, -0.15) is 4.31 Å². The van der Waals surface area contributed by atoms with Crippen LogP contribution in [0.5, 0.6) is 0 Å². The highest BCUT2D eigenvalue weighted by molar-refractivity contribution is 7.89. The molecule has 3 rings (SSSR count). The Balaban J connectivity index is 1.61. The number of ether oxygens (including phenoxy) is 2. The Morgan fingerprint density at radius 1 is 1.09 bits per heavy atom. The molecule has 1 N–H and O–H groups in total. The third-order valence-electron chi connectivity index (χ3n) is 6.16. The smallest absolute Gasteiger partial charge is 0.253 e. The number of aryl methyl sites for hydroxylation is 1. The number of benzene rings is 1. The second-order valence-corrected chi connectivity index (χ2v) is 10.4. The van der Waals surface area contributed by atoms with E-state index < -0.39 is 10.0 Å². The molecule has 2 aliphatic rings. The van der Waals surface area contributed by atoms with E-state index in [1.165, 1.54) is 10.4 Å². The summed E-state index contributed by atoms with van der Waals surface area (Å²) < 4.78 is 38.2. The summed E-state index contributed by atoms with van der Waals surface area (Å²) >= 11 is 0. The second-order valence-electron chi connectivity index (χ2n) is 8.46. The third-order valence-corrected chi connectivity index (χ3v) is 8.14. The van der Waals surface area contributed by atoms with Crippen molar-refractivity contribution in [1.29, 1.82) is 0 Å². The highest BCUT2D eigenvalue weighted by Crippen LogP contribution is 2.24. The Morgan fingerprint density at radius 2 is 1.79 bits per heavy atom. The van der Waals surface area contributed by atoms with E-state index in [1.54, 1.807) is 24.1 Å². The molecule has 190 valence electrons. The number of morpholine rings is 1. The van der Waals surface area contributed by atoms with Crippen molar-refractivity contribution in [2.24, 2.45) is 0 Å². The average Bonchev–Trinajstić information content (AvgIpc) is 2.87. The van der Waals surface area contributed by atoms with Crippen molar-refractivity contribution in [2.75, 3.05) is 79.3 Å². The summed E-state index contributed by atoms with van der Waals surface area (Å²) in [5, 5.41) is 2.87. The van der Waals surface area contributed by atoms with Crippen LogP contribution in [0.3, 0.4) is 0 Å². The standard InChI is InChI=1S/C23H36N4O6S/c1-3-19-5-6-20(17-21(19)34(30,31)27-12-15-33-16-13-27)23(29)26-10-8-25(9-11-26)18-22(28)24-7-4-14-32-2/h5-6,17H,3-4,7-16,18H2,1-2H3,(H,24,28). The lowest BCUT2D eigenvalue weighted by molar-refractivity contribution is -0.122. The number of nitrogens with zero attached hydrogens (tertiary/aromatic N) is 3. The van der Waals surface area contributed by atoms with E-state index >= 15 is 0 Å². The van der Waals surface area contributed by atoms with Gasteiger partial charge < -0.3 is 19.7 Å². The van der Waals surface area contributed by atoms with Crippen molar-refractivity contribution in [2.45, 2.75) is 24.7 Å². The number of carbonyl (C=O) groups is 2. The number of rotatable bonds is 10. The maximum atomic E-state index is 13.3. The quantitative estimate of drug-likeness (QED) is 0.461. The van der Waals surface area contributed by atoms with Gasteiger partial charge in [-0.3, -0.25) is 14.5 Å². The zero-order valence-corrected chi connectivity index (χ0v) is 20.9. The molecule has 11 heteroatoms. The zero-order valence-electron chi connectivity index (χ0n) is 20.1. The molecule has 0 radical (unpaired) electrons. The molecule has 34 heavy (non-hydrogen) atoms. The number of hydrogen-bond donors (Lipinski definition) is 1. The van der Waals surface area contributed by atoms with Crippen LogP contribution in [0.25, 0.3) is 0 Å². The van der Waals surface area contributed by atoms with Gasteiger partial charge in [-0.25, -0.2) is 8.42 Å². The first kappa shape index (κ1) is 26.6. The Bertz CT molecular complexity index is 941. The molecule has 0 aliphatic carbocycles. The van der Waals surface area contributed by atoms with Crippen LogP contribution in [-0.2, 0) is 30.7 Å². The maximum absolute atomic E-state index is 13.3. The zero-order chi connectivity index (χ0) is 24.6. The lowest BCUT2D eigenvalue weighted by atomic mass is 10.1. The van der Waals surface area contributed by atoms with Gasteiger partial charge in [0.1, 0.15) is 0 Å². The van der Waals surface area contributed by atoms with Crippen LogP contribution in [0.2, 0.25) is 0 Å². The molecule has 1 aromatic carbocycles. The summed E-state index contributed by atoms with van der Waals surface area (Å²) in [6.45, 7) is 6.88. The summed E-state index contributed by atoms with van der Waals surface area (Å²) in [5.41, 5.74) is 1.07. The van der Waals surface area contributed by atoms with Crippen molar-refractivity contribution < 1.29 is 27.5 Å². The molecule has 2 heterocycles. The van der Waals surface area contributed by atoms with Crippen molar-refractivity contribution in [3.63, 3.8) is 0 Å². The van der Waals surface area contributed by atoms with Crippen LogP contribution < -0.4 is 5.32 Å². The largest absolute Gasteiger partial charge is 0.385 e. The summed E-state index contributed by atoms with van der Waals surface area (Å²) in [6, 6.07) is 4.97. The number of nitrogens with one attached hydrogen (secondary N) is 1. The number of carbonyl (C=O) groups excluding carboxylic acids is 2. The Kier molecular flexibility index (Phi) is 9.84. The molecule has 2 amide bonds. The number of sulfonamides is 1. The average molecular weight is 497 g/mol. The number of amides is 2. The first-order chi connectivity index (χ1) is 16.4. The fourth-order valence-electron chi connectivity index (χ4n) is 4.14. The molecule has 2 saturated heterocycles. The molecular weight excluding hydrogens is 460 g/mol. The molecule has 2 aliphatic heterocycles. The predicted octanol–water partition coefficient (Wildman–Crippen LogP) is 0.180. The van der Waals surface area contributed by atoms with Gasteiger partial charge in [-0.1, -0.05) is 13.0 Å². The maximum Gasteiger partial charge on any atom is 0.253 e. The predicted molar refractivity (Wildman–Crippen MR) is 127 cm³/mol. The monoisotopic (exact) mass is 496 g/mol. The molecule has 0 spiro atoms.